The number of aliphatic imine (C=N–C) groups is 1. The smallest absolute Gasteiger partial charge is 0.197 e. The zero-order valence-corrected chi connectivity index (χ0v) is 4.92. The van der Waals surface area contributed by atoms with Gasteiger partial charge in [-0.25, -0.2) is 0 Å². The molecule has 0 aliphatic carbocycles. The Morgan fingerprint density at radius 3 is 3.00 bits per heavy atom. The molecule has 0 amide bonds. The molecule has 1 atom stereocenters. The van der Waals surface area contributed by atoms with E-state index in [2.05, 4.69) is 4.99 Å². The van der Waals surface area contributed by atoms with E-state index in [9.17, 15) is 0 Å². The van der Waals surface area contributed by atoms with Gasteiger partial charge in [-0.3, -0.25) is 4.99 Å². The summed E-state index contributed by atoms with van der Waals surface area (Å²) >= 11 is 0. The molecule has 0 unspecified atom stereocenters. The van der Waals surface area contributed by atoms with Crippen LogP contribution < -0.4 is 5.73 Å². The van der Waals surface area contributed by atoms with Gasteiger partial charge in [-0.15, -0.1) is 0 Å². The second-order valence-electron chi connectivity index (χ2n) is 1.87. The molecule has 2 N–H and O–H groups in total. The van der Waals surface area contributed by atoms with E-state index in [1.807, 2.05) is 6.92 Å². The Labute approximate surface area is 48.5 Å². The van der Waals surface area contributed by atoms with Crippen LogP contribution in [0, 0.1) is 0 Å². The highest BCUT2D eigenvalue weighted by Crippen LogP contribution is 2.00. The summed E-state index contributed by atoms with van der Waals surface area (Å²) in [6.45, 7) is 3.18. The number of hydrogen-bond acceptors (Lipinski definition) is 3. The SMILES string of the molecule is C[C@@H]1CN=C(CN)O1. The molecular weight excluding hydrogens is 104 g/mol. The molecule has 3 nitrogen and oxygen atoms in total. The molecule has 0 aromatic heterocycles. The summed E-state index contributed by atoms with van der Waals surface area (Å²) in [5, 5.41) is 0. The van der Waals surface area contributed by atoms with E-state index in [0.717, 1.165) is 6.54 Å². The Balaban J connectivity index is 2.37. The molecule has 0 bridgehead atoms. The highest BCUT2D eigenvalue weighted by Gasteiger charge is 2.11. The Bertz CT molecular complexity index is 111. The third kappa shape index (κ3) is 0.980. The van der Waals surface area contributed by atoms with Crippen molar-refractivity contribution in [2.24, 2.45) is 10.7 Å². The van der Waals surface area contributed by atoms with E-state index < -0.39 is 0 Å². The van der Waals surface area contributed by atoms with Crippen molar-refractivity contribution in [3.8, 4) is 0 Å². The summed E-state index contributed by atoms with van der Waals surface area (Å²) in [5.74, 6) is 0.692. The lowest BCUT2D eigenvalue weighted by molar-refractivity contribution is 0.242. The first-order valence-corrected chi connectivity index (χ1v) is 2.73. The fourth-order valence-electron chi connectivity index (χ4n) is 0.650. The van der Waals surface area contributed by atoms with E-state index >= 15 is 0 Å². The molecule has 0 radical (unpaired) electrons. The highest BCUT2D eigenvalue weighted by atomic mass is 16.5. The molecule has 46 valence electrons. The van der Waals surface area contributed by atoms with Crippen LogP contribution in [0.1, 0.15) is 6.92 Å². The fraction of sp³-hybridized carbons (Fsp3) is 0.800. The highest BCUT2D eigenvalue weighted by molar-refractivity contribution is 5.79. The van der Waals surface area contributed by atoms with E-state index in [4.69, 9.17) is 10.5 Å². The van der Waals surface area contributed by atoms with Crippen molar-refractivity contribution >= 4 is 5.90 Å². The van der Waals surface area contributed by atoms with Crippen LogP contribution in [-0.4, -0.2) is 25.1 Å². The summed E-state index contributed by atoms with van der Waals surface area (Å²) < 4.78 is 5.14. The average molecular weight is 114 g/mol. The van der Waals surface area contributed by atoms with Crippen LogP contribution in [0.25, 0.3) is 0 Å². The van der Waals surface area contributed by atoms with E-state index in [1.54, 1.807) is 0 Å². The van der Waals surface area contributed by atoms with Crippen molar-refractivity contribution in [2.45, 2.75) is 13.0 Å². The first kappa shape index (κ1) is 5.56. The van der Waals surface area contributed by atoms with Crippen molar-refractivity contribution in [1.29, 1.82) is 0 Å². The molecule has 0 saturated carbocycles. The summed E-state index contributed by atoms with van der Waals surface area (Å²) in [6, 6.07) is 0. The van der Waals surface area contributed by atoms with Gasteiger partial charge >= 0.3 is 0 Å². The Hall–Kier alpha value is -0.570. The van der Waals surface area contributed by atoms with Crippen molar-refractivity contribution in [3.63, 3.8) is 0 Å². The second kappa shape index (κ2) is 2.13. The Morgan fingerprint density at radius 2 is 2.75 bits per heavy atom. The Kier molecular flexibility index (Phi) is 1.48. The maximum absolute atomic E-state index is 5.24. The second-order valence-corrected chi connectivity index (χ2v) is 1.87. The minimum Gasteiger partial charge on any atom is -0.475 e. The largest absolute Gasteiger partial charge is 0.475 e. The number of rotatable bonds is 1. The lowest BCUT2D eigenvalue weighted by atomic mass is 10.4. The van der Waals surface area contributed by atoms with Gasteiger partial charge in [0.1, 0.15) is 6.10 Å². The molecular formula is C5H10N2O. The molecule has 8 heavy (non-hydrogen) atoms. The third-order valence-corrected chi connectivity index (χ3v) is 1.04. The van der Waals surface area contributed by atoms with Gasteiger partial charge in [0.15, 0.2) is 5.90 Å². The molecule has 3 heteroatoms. The van der Waals surface area contributed by atoms with Gasteiger partial charge in [0.25, 0.3) is 0 Å². The quantitative estimate of drug-likeness (QED) is 0.511. The first-order chi connectivity index (χ1) is 3.83. The van der Waals surface area contributed by atoms with E-state index in [0.29, 0.717) is 12.4 Å². The summed E-state index contributed by atoms with van der Waals surface area (Å²) in [4.78, 5) is 4.00. The normalized spacial score (nSPS) is 27.2. The molecule has 1 heterocycles. The number of hydrogen-bond donors (Lipinski definition) is 1. The number of nitrogens with zero attached hydrogens (tertiary/aromatic N) is 1. The lowest BCUT2D eigenvalue weighted by Gasteiger charge is -2.01. The monoisotopic (exact) mass is 114 g/mol. The van der Waals surface area contributed by atoms with Crippen LogP contribution in [0.2, 0.25) is 0 Å². The van der Waals surface area contributed by atoms with E-state index in [-0.39, 0.29) is 6.10 Å². The predicted molar refractivity (Wildman–Crippen MR) is 31.9 cm³/mol. The van der Waals surface area contributed by atoms with Gasteiger partial charge in [-0.1, -0.05) is 0 Å². The summed E-state index contributed by atoms with van der Waals surface area (Å²) in [7, 11) is 0. The van der Waals surface area contributed by atoms with Crippen molar-refractivity contribution in [2.75, 3.05) is 13.1 Å². The van der Waals surface area contributed by atoms with Gasteiger partial charge in [0.05, 0.1) is 13.1 Å². The number of nitrogens with two attached hydrogens (primary N) is 1. The first-order valence-electron chi connectivity index (χ1n) is 2.73. The van der Waals surface area contributed by atoms with Gasteiger partial charge < -0.3 is 10.5 Å². The van der Waals surface area contributed by atoms with Crippen LogP contribution in [0.4, 0.5) is 0 Å². The summed E-state index contributed by atoms with van der Waals surface area (Å²) in [6.07, 6.45) is 0.244. The zero-order valence-electron chi connectivity index (χ0n) is 4.92. The van der Waals surface area contributed by atoms with Crippen molar-refractivity contribution < 1.29 is 4.74 Å². The van der Waals surface area contributed by atoms with Crippen LogP contribution in [0.15, 0.2) is 4.99 Å². The molecule has 0 aromatic rings. The average Bonchev–Trinajstić information content (AvgIpc) is 2.14. The molecule has 1 aliphatic rings. The topological polar surface area (TPSA) is 47.6 Å². The van der Waals surface area contributed by atoms with Crippen LogP contribution >= 0.6 is 0 Å². The molecule has 0 aromatic carbocycles. The van der Waals surface area contributed by atoms with Gasteiger partial charge in [0, 0.05) is 0 Å². The van der Waals surface area contributed by atoms with Crippen molar-refractivity contribution in [1.82, 2.24) is 0 Å². The lowest BCUT2D eigenvalue weighted by Crippen LogP contribution is -2.16. The zero-order chi connectivity index (χ0) is 5.98. The summed E-state index contributed by atoms with van der Waals surface area (Å²) in [5.41, 5.74) is 5.24. The van der Waals surface area contributed by atoms with Crippen LogP contribution in [0.3, 0.4) is 0 Å². The minimum absolute atomic E-state index is 0.244. The molecule has 1 aliphatic heterocycles. The van der Waals surface area contributed by atoms with Crippen molar-refractivity contribution in [3.05, 3.63) is 0 Å². The minimum atomic E-state index is 0.244. The fourth-order valence-corrected chi connectivity index (χ4v) is 0.650. The molecule has 0 fully saturated rings. The number of ether oxygens (including phenoxy) is 1. The van der Waals surface area contributed by atoms with Gasteiger partial charge in [0.2, 0.25) is 0 Å². The van der Waals surface area contributed by atoms with Gasteiger partial charge in [-0.2, -0.15) is 0 Å². The maximum Gasteiger partial charge on any atom is 0.197 e. The molecule has 1 rings (SSSR count). The van der Waals surface area contributed by atoms with Crippen LogP contribution in [-0.2, 0) is 4.74 Å². The molecule has 0 spiro atoms. The predicted octanol–water partition coefficient (Wildman–Crippen LogP) is -0.238. The third-order valence-electron chi connectivity index (χ3n) is 1.04. The van der Waals surface area contributed by atoms with Gasteiger partial charge in [-0.05, 0) is 6.92 Å². The Morgan fingerprint density at radius 1 is 2.00 bits per heavy atom. The molecule has 0 saturated heterocycles. The maximum atomic E-state index is 5.24. The standard InChI is InChI=1S/C5H10N2O/c1-4-3-7-5(2-6)8-4/h4H,2-3,6H2,1H3/t4-/m1/s1. The van der Waals surface area contributed by atoms with E-state index in [1.165, 1.54) is 0 Å². The van der Waals surface area contributed by atoms with Crippen LogP contribution in [0.5, 0.6) is 0 Å².